The molecule has 4 atom stereocenters. The summed E-state index contributed by atoms with van der Waals surface area (Å²) in [5, 5.41) is 3.58. The zero-order chi connectivity index (χ0) is 20.5. The summed E-state index contributed by atoms with van der Waals surface area (Å²) in [6, 6.07) is 15.1. The number of benzene rings is 1. The van der Waals surface area contributed by atoms with Crippen molar-refractivity contribution in [3.05, 3.63) is 70.5 Å². The van der Waals surface area contributed by atoms with Crippen LogP contribution in [0.3, 0.4) is 0 Å². The minimum Gasteiger partial charge on any atom is -0.468 e. The van der Waals surface area contributed by atoms with Crippen molar-refractivity contribution in [1.29, 1.82) is 0 Å². The van der Waals surface area contributed by atoms with E-state index in [0.717, 1.165) is 46.9 Å². The molecule has 0 amide bonds. The molecule has 3 aliphatic heterocycles. The summed E-state index contributed by atoms with van der Waals surface area (Å²) in [4.78, 5) is 12.2. The van der Waals surface area contributed by atoms with Crippen LogP contribution in [0.4, 0.5) is 0 Å². The van der Waals surface area contributed by atoms with E-state index in [9.17, 15) is 0 Å². The summed E-state index contributed by atoms with van der Waals surface area (Å²) in [6.07, 6.45) is 4.22. The second-order valence-corrected chi connectivity index (χ2v) is 9.31. The molecule has 6 heteroatoms. The highest BCUT2D eigenvalue weighted by Gasteiger charge is 2.41. The normalized spacial score (nSPS) is 25.5. The molecular formula is C24H27BrN4O. The molecular weight excluding hydrogens is 440 g/mol. The average Bonchev–Trinajstić information content (AvgIpc) is 3.28. The number of nitrogens with one attached hydrogen (secondary N) is 1. The summed E-state index contributed by atoms with van der Waals surface area (Å²) >= 11 is 3.67. The number of hydrogen-bond donors (Lipinski definition) is 1. The highest BCUT2D eigenvalue weighted by atomic mass is 79.9. The summed E-state index contributed by atoms with van der Waals surface area (Å²) in [7, 11) is 0. The number of hydrogen-bond acceptors (Lipinski definition) is 5. The number of piperidine rings is 3. The fraction of sp³-hybridized carbons (Fsp3) is 0.417. The number of nitrogens with zero attached hydrogens (tertiary/aromatic N) is 3. The largest absolute Gasteiger partial charge is 0.468 e. The van der Waals surface area contributed by atoms with Crippen LogP contribution in [0.15, 0.2) is 57.6 Å². The molecule has 1 N–H and O–H groups in total. The second-order valence-electron chi connectivity index (χ2n) is 8.46. The van der Waals surface area contributed by atoms with Crippen LogP contribution in [0.5, 0.6) is 0 Å². The standard InChI is InChI=1S/C24H27BrN4O/c1-16-27-23(20-6-2-3-7-22(20)25)12-24(28-16)21-15-29-9-8-17(21)11-18(29)13-26-14-19-5-4-10-30-19/h2-7,10,12,17-18,21,26H,8-9,11,13-15H2,1H3. The van der Waals surface area contributed by atoms with Crippen molar-refractivity contribution in [1.82, 2.24) is 20.2 Å². The fourth-order valence-corrected chi connectivity index (χ4v) is 5.54. The number of rotatable bonds is 6. The van der Waals surface area contributed by atoms with E-state index in [1.807, 2.05) is 25.1 Å². The van der Waals surface area contributed by atoms with E-state index in [4.69, 9.17) is 14.4 Å². The van der Waals surface area contributed by atoms with Gasteiger partial charge in [-0.3, -0.25) is 4.90 Å². The summed E-state index contributed by atoms with van der Waals surface area (Å²) in [5.74, 6) is 3.03. The van der Waals surface area contributed by atoms with E-state index in [2.05, 4.69) is 50.4 Å². The molecule has 3 saturated heterocycles. The van der Waals surface area contributed by atoms with Gasteiger partial charge in [-0.25, -0.2) is 9.97 Å². The first kappa shape index (κ1) is 19.9. The highest BCUT2D eigenvalue weighted by molar-refractivity contribution is 9.10. The van der Waals surface area contributed by atoms with Gasteiger partial charge in [-0.1, -0.05) is 34.1 Å². The Morgan fingerprint density at radius 2 is 2.10 bits per heavy atom. The van der Waals surface area contributed by atoms with Crippen molar-refractivity contribution >= 4 is 15.9 Å². The summed E-state index contributed by atoms with van der Waals surface area (Å²) in [5.41, 5.74) is 3.34. The maximum Gasteiger partial charge on any atom is 0.126 e. The Hall–Kier alpha value is -2.02. The molecule has 0 spiro atoms. The first-order valence-electron chi connectivity index (χ1n) is 10.7. The Morgan fingerprint density at radius 3 is 2.87 bits per heavy atom. The molecule has 4 unspecified atom stereocenters. The van der Waals surface area contributed by atoms with Crippen molar-refractivity contribution in [3.8, 4) is 11.3 Å². The minimum absolute atomic E-state index is 0.489. The van der Waals surface area contributed by atoms with Gasteiger partial charge in [0.2, 0.25) is 0 Å². The summed E-state index contributed by atoms with van der Waals surface area (Å²) < 4.78 is 6.51. The number of furan rings is 1. The predicted molar refractivity (Wildman–Crippen MR) is 121 cm³/mol. The van der Waals surface area contributed by atoms with Gasteiger partial charge in [0.15, 0.2) is 0 Å². The van der Waals surface area contributed by atoms with Gasteiger partial charge < -0.3 is 9.73 Å². The number of fused-ring (bicyclic) bond motifs is 3. The Kier molecular flexibility index (Phi) is 5.72. The first-order valence-corrected chi connectivity index (χ1v) is 11.5. The molecule has 30 heavy (non-hydrogen) atoms. The molecule has 1 aromatic carbocycles. The zero-order valence-electron chi connectivity index (χ0n) is 17.2. The Labute approximate surface area is 186 Å². The van der Waals surface area contributed by atoms with Gasteiger partial charge >= 0.3 is 0 Å². The van der Waals surface area contributed by atoms with E-state index >= 15 is 0 Å². The van der Waals surface area contributed by atoms with Gasteiger partial charge in [0, 0.05) is 40.8 Å². The molecule has 2 aromatic heterocycles. The van der Waals surface area contributed by atoms with E-state index in [1.165, 1.54) is 25.1 Å². The number of aryl methyl sites for hydroxylation is 1. The van der Waals surface area contributed by atoms with Crippen molar-refractivity contribution in [2.75, 3.05) is 19.6 Å². The Balaban J connectivity index is 1.30. The predicted octanol–water partition coefficient (Wildman–Crippen LogP) is 4.78. The monoisotopic (exact) mass is 466 g/mol. The quantitative estimate of drug-likeness (QED) is 0.566. The lowest BCUT2D eigenvalue weighted by atomic mass is 9.74. The van der Waals surface area contributed by atoms with Crippen LogP contribution in [0.1, 0.15) is 36.0 Å². The molecule has 5 heterocycles. The van der Waals surface area contributed by atoms with Crippen LogP contribution >= 0.6 is 15.9 Å². The maximum atomic E-state index is 5.43. The fourth-order valence-electron chi connectivity index (χ4n) is 5.05. The molecule has 0 radical (unpaired) electrons. The lowest BCUT2D eigenvalue weighted by Gasteiger charge is -2.50. The van der Waals surface area contributed by atoms with Crippen LogP contribution in [0, 0.1) is 12.8 Å². The molecule has 5 nitrogen and oxygen atoms in total. The number of halogens is 1. The molecule has 0 saturated carbocycles. The van der Waals surface area contributed by atoms with E-state index < -0.39 is 0 Å². The first-order chi connectivity index (χ1) is 14.7. The molecule has 2 bridgehead atoms. The van der Waals surface area contributed by atoms with Gasteiger partial charge in [0.05, 0.1) is 18.5 Å². The summed E-state index contributed by atoms with van der Waals surface area (Å²) in [6.45, 7) is 6.09. The molecule has 0 aliphatic carbocycles. The topological polar surface area (TPSA) is 54.2 Å². The van der Waals surface area contributed by atoms with Crippen molar-refractivity contribution in [3.63, 3.8) is 0 Å². The zero-order valence-corrected chi connectivity index (χ0v) is 18.8. The lowest BCUT2D eigenvalue weighted by molar-refractivity contribution is 0.0290. The van der Waals surface area contributed by atoms with Gasteiger partial charge in [-0.05, 0) is 56.5 Å². The third-order valence-corrected chi connectivity index (χ3v) is 7.22. The Morgan fingerprint density at radius 1 is 1.20 bits per heavy atom. The molecule has 3 fully saturated rings. The third-order valence-electron chi connectivity index (χ3n) is 6.53. The highest BCUT2D eigenvalue weighted by Crippen LogP contribution is 2.42. The SMILES string of the molecule is Cc1nc(-c2ccccc2Br)cc(C2CN3CCC2CC3CNCc2ccco2)n1. The molecule has 3 aromatic rings. The van der Waals surface area contributed by atoms with Crippen LogP contribution < -0.4 is 5.32 Å². The van der Waals surface area contributed by atoms with Crippen LogP contribution in [-0.4, -0.2) is 40.5 Å². The van der Waals surface area contributed by atoms with Crippen LogP contribution in [0.25, 0.3) is 11.3 Å². The van der Waals surface area contributed by atoms with E-state index in [1.54, 1.807) is 6.26 Å². The van der Waals surface area contributed by atoms with Crippen molar-refractivity contribution < 1.29 is 4.42 Å². The molecule has 3 aliphatic rings. The van der Waals surface area contributed by atoms with Crippen LogP contribution in [-0.2, 0) is 6.54 Å². The third kappa shape index (κ3) is 4.09. The van der Waals surface area contributed by atoms with Crippen molar-refractivity contribution in [2.45, 2.75) is 38.3 Å². The van der Waals surface area contributed by atoms with Gasteiger partial charge in [-0.15, -0.1) is 0 Å². The number of aromatic nitrogens is 2. The van der Waals surface area contributed by atoms with Crippen molar-refractivity contribution in [2.24, 2.45) is 5.92 Å². The maximum absolute atomic E-state index is 5.43. The van der Waals surface area contributed by atoms with E-state index in [-0.39, 0.29) is 0 Å². The molecule has 6 rings (SSSR count). The van der Waals surface area contributed by atoms with Crippen LogP contribution in [0.2, 0.25) is 0 Å². The smallest absolute Gasteiger partial charge is 0.126 e. The van der Waals surface area contributed by atoms with Gasteiger partial charge in [0.25, 0.3) is 0 Å². The van der Waals surface area contributed by atoms with Gasteiger partial charge in [0.1, 0.15) is 11.6 Å². The minimum atomic E-state index is 0.489. The van der Waals surface area contributed by atoms with Gasteiger partial charge in [-0.2, -0.15) is 0 Å². The Bertz CT molecular complexity index is 1010. The second kappa shape index (κ2) is 8.61. The average molecular weight is 467 g/mol. The van der Waals surface area contributed by atoms with E-state index in [0.29, 0.717) is 17.9 Å². The lowest BCUT2D eigenvalue weighted by Crippen LogP contribution is -2.55. The molecule has 156 valence electrons.